The molecule has 0 radical (unpaired) electrons. The van der Waals surface area contributed by atoms with Gasteiger partial charge in [0, 0.05) is 11.6 Å². The van der Waals surface area contributed by atoms with Crippen molar-refractivity contribution in [3.63, 3.8) is 0 Å². The SMILES string of the molecule is CCC(C)[C@H](NC(=O)c1cccc2cc[nH]c12)C(=O)O. The third-order valence-electron chi connectivity index (χ3n) is 3.60. The third-order valence-corrected chi connectivity index (χ3v) is 3.60. The van der Waals surface area contributed by atoms with E-state index >= 15 is 0 Å². The molecule has 5 heteroatoms. The number of hydrogen-bond acceptors (Lipinski definition) is 2. The van der Waals surface area contributed by atoms with Crippen molar-refractivity contribution in [3.05, 3.63) is 36.0 Å². The normalized spacial score (nSPS) is 13.9. The predicted molar refractivity (Wildman–Crippen MR) is 76.6 cm³/mol. The summed E-state index contributed by atoms with van der Waals surface area (Å²) in [5.74, 6) is -1.50. The lowest BCUT2D eigenvalue weighted by atomic mass is 9.98. The highest BCUT2D eigenvalue weighted by Gasteiger charge is 2.26. The molecule has 1 amide bonds. The number of H-pyrrole nitrogens is 1. The first-order chi connectivity index (χ1) is 9.54. The molecule has 1 aromatic carbocycles. The van der Waals surface area contributed by atoms with E-state index in [1.807, 2.05) is 26.0 Å². The summed E-state index contributed by atoms with van der Waals surface area (Å²) in [7, 11) is 0. The van der Waals surface area contributed by atoms with Crippen molar-refractivity contribution in [2.75, 3.05) is 0 Å². The van der Waals surface area contributed by atoms with Gasteiger partial charge in [-0.2, -0.15) is 0 Å². The zero-order valence-corrected chi connectivity index (χ0v) is 11.5. The highest BCUT2D eigenvalue weighted by atomic mass is 16.4. The van der Waals surface area contributed by atoms with Crippen molar-refractivity contribution in [1.29, 1.82) is 0 Å². The summed E-state index contributed by atoms with van der Waals surface area (Å²) >= 11 is 0. The number of aromatic nitrogens is 1. The Labute approximate surface area is 117 Å². The van der Waals surface area contributed by atoms with Crippen LogP contribution >= 0.6 is 0 Å². The van der Waals surface area contributed by atoms with Crippen molar-refractivity contribution < 1.29 is 14.7 Å². The summed E-state index contributed by atoms with van der Waals surface area (Å²) in [5.41, 5.74) is 1.18. The Bertz CT molecular complexity index is 633. The number of aliphatic carboxylic acids is 1. The van der Waals surface area contributed by atoms with Crippen LogP contribution in [0.4, 0.5) is 0 Å². The molecule has 20 heavy (non-hydrogen) atoms. The number of amides is 1. The maximum absolute atomic E-state index is 12.3. The molecule has 5 nitrogen and oxygen atoms in total. The van der Waals surface area contributed by atoms with Gasteiger partial charge in [0.05, 0.1) is 11.1 Å². The number of hydrogen-bond donors (Lipinski definition) is 3. The van der Waals surface area contributed by atoms with E-state index in [1.54, 1.807) is 18.3 Å². The van der Waals surface area contributed by atoms with Crippen molar-refractivity contribution in [2.24, 2.45) is 5.92 Å². The zero-order valence-electron chi connectivity index (χ0n) is 11.5. The second-order valence-corrected chi connectivity index (χ2v) is 4.92. The molecule has 3 N–H and O–H groups in total. The van der Waals surface area contributed by atoms with Crippen LogP contribution in [-0.4, -0.2) is 28.0 Å². The van der Waals surface area contributed by atoms with Crippen molar-refractivity contribution in [3.8, 4) is 0 Å². The molecule has 2 atom stereocenters. The molecule has 0 bridgehead atoms. The van der Waals surface area contributed by atoms with Crippen molar-refractivity contribution in [1.82, 2.24) is 10.3 Å². The largest absolute Gasteiger partial charge is 0.480 e. The van der Waals surface area contributed by atoms with Crippen LogP contribution in [0.2, 0.25) is 0 Å². The minimum absolute atomic E-state index is 0.126. The summed E-state index contributed by atoms with van der Waals surface area (Å²) in [6, 6.07) is 6.35. The van der Waals surface area contributed by atoms with Crippen LogP contribution < -0.4 is 5.32 Å². The van der Waals surface area contributed by atoms with Gasteiger partial charge in [0.1, 0.15) is 6.04 Å². The standard InChI is InChI=1S/C15H18N2O3/c1-3-9(2)12(15(19)20)17-14(18)11-6-4-5-10-7-8-16-13(10)11/h4-9,12,16H,3H2,1-2H3,(H,17,18)(H,19,20)/t9?,12-/m0/s1. The molecule has 0 aliphatic heterocycles. The maximum atomic E-state index is 12.3. The molecule has 106 valence electrons. The van der Waals surface area contributed by atoms with Gasteiger partial charge in [0.2, 0.25) is 0 Å². The van der Waals surface area contributed by atoms with Crippen molar-refractivity contribution in [2.45, 2.75) is 26.3 Å². The van der Waals surface area contributed by atoms with Gasteiger partial charge in [-0.1, -0.05) is 32.4 Å². The molecule has 1 aromatic heterocycles. The van der Waals surface area contributed by atoms with Crippen LogP contribution in [0.5, 0.6) is 0 Å². The van der Waals surface area contributed by atoms with E-state index in [0.29, 0.717) is 12.0 Å². The van der Waals surface area contributed by atoms with Gasteiger partial charge >= 0.3 is 5.97 Å². The Morgan fingerprint density at radius 2 is 2.10 bits per heavy atom. The Morgan fingerprint density at radius 3 is 2.75 bits per heavy atom. The molecule has 0 aliphatic carbocycles. The summed E-state index contributed by atoms with van der Waals surface area (Å²) in [6.45, 7) is 3.72. The average molecular weight is 274 g/mol. The zero-order chi connectivity index (χ0) is 14.7. The number of benzene rings is 1. The number of para-hydroxylation sites is 1. The molecule has 2 aromatic rings. The quantitative estimate of drug-likeness (QED) is 0.783. The molecule has 0 spiro atoms. The summed E-state index contributed by atoms with van der Waals surface area (Å²) in [4.78, 5) is 26.6. The van der Waals surface area contributed by atoms with Crippen LogP contribution in [0, 0.1) is 5.92 Å². The van der Waals surface area contributed by atoms with E-state index in [2.05, 4.69) is 10.3 Å². The molecular formula is C15H18N2O3. The monoisotopic (exact) mass is 274 g/mol. The van der Waals surface area contributed by atoms with Crippen LogP contribution in [-0.2, 0) is 4.79 Å². The number of nitrogens with one attached hydrogen (secondary N) is 2. The lowest BCUT2D eigenvalue weighted by Gasteiger charge is -2.20. The first kappa shape index (κ1) is 14.1. The van der Waals surface area contributed by atoms with E-state index in [9.17, 15) is 14.7 Å². The van der Waals surface area contributed by atoms with E-state index in [0.717, 1.165) is 10.9 Å². The van der Waals surface area contributed by atoms with E-state index in [-0.39, 0.29) is 11.8 Å². The molecule has 0 saturated carbocycles. The first-order valence-electron chi connectivity index (χ1n) is 6.64. The Balaban J connectivity index is 2.27. The fraction of sp³-hybridized carbons (Fsp3) is 0.333. The Morgan fingerprint density at radius 1 is 1.35 bits per heavy atom. The maximum Gasteiger partial charge on any atom is 0.326 e. The molecule has 1 unspecified atom stereocenters. The van der Waals surface area contributed by atoms with E-state index < -0.39 is 12.0 Å². The fourth-order valence-corrected chi connectivity index (χ4v) is 2.18. The van der Waals surface area contributed by atoms with Crippen molar-refractivity contribution >= 4 is 22.8 Å². The van der Waals surface area contributed by atoms with Crippen LogP contribution in [0.25, 0.3) is 10.9 Å². The van der Waals surface area contributed by atoms with Crippen LogP contribution in [0.15, 0.2) is 30.5 Å². The van der Waals surface area contributed by atoms with E-state index in [4.69, 9.17) is 0 Å². The highest BCUT2D eigenvalue weighted by molar-refractivity contribution is 6.06. The number of rotatable bonds is 5. The number of carboxylic acids is 1. The van der Waals surface area contributed by atoms with Crippen LogP contribution in [0.3, 0.4) is 0 Å². The molecule has 1 heterocycles. The van der Waals surface area contributed by atoms with Gasteiger partial charge in [-0.15, -0.1) is 0 Å². The molecular weight excluding hydrogens is 256 g/mol. The van der Waals surface area contributed by atoms with Crippen LogP contribution in [0.1, 0.15) is 30.6 Å². The highest BCUT2D eigenvalue weighted by Crippen LogP contribution is 2.17. The predicted octanol–water partition coefficient (Wildman–Crippen LogP) is 2.40. The van der Waals surface area contributed by atoms with E-state index in [1.165, 1.54) is 0 Å². The lowest BCUT2D eigenvalue weighted by Crippen LogP contribution is -2.45. The van der Waals surface area contributed by atoms with Gasteiger partial charge < -0.3 is 15.4 Å². The number of carboxylic acid groups (broad SMARTS) is 1. The first-order valence-corrected chi connectivity index (χ1v) is 6.64. The van der Waals surface area contributed by atoms with Gasteiger partial charge in [0.25, 0.3) is 5.91 Å². The topological polar surface area (TPSA) is 82.2 Å². The van der Waals surface area contributed by atoms with Gasteiger partial charge in [0.15, 0.2) is 0 Å². The molecule has 0 fully saturated rings. The second-order valence-electron chi connectivity index (χ2n) is 4.92. The molecule has 0 saturated heterocycles. The lowest BCUT2D eigenvalue weighted by molar-refractivity contribution is -0.140. The molecule has 2 rings (SSSR count). The van der Waals surface area contributed by atoms with Gasteiger partial charge in [-0.3, -0.25) is 4.79 Å². The number of aromatic amines is 1. The average Bonchev–Trinajstić information content (AvgIpc) is 2.91. The minimum Gasteiger partial charge on any atom is -0.480 e. The van der Waals surface area contributed by atoms with Gasteiger partial charge in [-0.25, -0.2) is 4.79 Å². The minimum atomic E-state index is -1.01. The summed E-state index contributed by atoms with van der Waals surface area (Å²) < 4.78 is 0. The Hall–Kier alpha value is -2.30. The number of carbonyl (C=O) groups excluding carboxylic acids is 1. The smallest absolute Gasteiger partial charge is 0.326 e. The summed E-state index contributed by atoms with van der Waals surface area (Å²) in [5, 5.41) is 12.8. The third kappa shape index (κ3) is 2.66. The second kappa shape index (κ2) is 5.77. The van der Waals surface area contributed by atoms with Gasteiger partial charge in [-0.05, 0) is 18.1 Å². The molecule has 0 aliphatic rings. The summed E-state index contributed by atoms with van der Waals surface area (Å²) in [6.07, 6.45) is 2.44. The fourth-order valence-electron chi connectivity index (χ4n) is 2.18. The number of fused-ring (bicyclic) bond motifs is 1. The Kier molecular flexibility index (Phi) is 4.08. The number of carbonyl (C=O) groups is 2.